The molecule has 2 heterocycles. The van der Waals surface area contributed by atoms with Gasteiger partial charge in [-0.3, -0.25) is 4.79 Å². The van der Waals surface area contributed by atoms with Crippen molar-refractivity contribution >= 4 is 5.91 Å². The smallest absolute Gasteiger partial charge is 0.247 e. The summed E-state index contributed by atoms with van der Waals surface area (Å²) in [6.45, 7) is -0.393. The fraction of sp³-hybridized carbons (Fsp3) is 0.533. The van der Waals surface area contributed by atoms with E-state index in [0.717, 1.165) is 0 Å². The average molecular weight is 352 g/mol. The van der Waals surface area contributed by atoms with Crippen molar-refractivity contribution in [2.75, 3.05) is 6.61 Å². The first-order chi connectivity index (χ1) is 12.0. The second-order valence-electron chi connectivity index (χ2n) is 5.92. The molecule has 0 spiro atoms. The summed E-state index contributed by atoms with van der Waals surface area (Å²) in [7, 11) is 0. The van der Waals surface area contributed by atoms with Gasteiger partial charge in [-0.2, -0.15) is 0 Å². The number of rotatable bonds is 5. The fourth-order valence-corrected chi connectivity index (χ4v) is 2.72. The van der Waals surface area contributed by atoms with Crippen molar-refractivity contribution in [1.82, 2.24) is 20.3 Å². The SMILES string of the molecule is O=C(NCc1cn([C@@H]2O[C@H](CO)[C@@H](O)[C@H](O)[C@H]2O)nn1)C1=CC=CC1. The molecule has 136 valence electrons. The molecular formula is C15H20N4O6. The zero-order valence-corrected chi connectivity index (χ0v) is 13.3. The van der Waals surface area contributed by atoms with Crippen LogP contribution < -0.4 is 5.32 Å². The van der Waals surface area contributed by atoms with Gasteiger partial charge in [0.05, 0.1) is 19.3 Å². The fourth-order valence-electron chi connectivity index (χ4n) is 2.72. The number of aliphatic hydroxyl groups excluding tert-OH is 4. The minimum Gasteiger partial charge on any atom is -0.394 e. The number of carbonyl (C=O) groups excluding carboxylic acids is 1. The van der Waals surface area contributed by atoms with Crippen LogP contribution in [0, 0.1) is 0 Å². The number of amides is 1. The number of allylic oxidation sites excluding steroid dienone is 3. The summed E-state index contributed by atoms with van der Waals surface area (Å²) >= 11 is 0. The highest BCUT2D eigenvalue weighted by molar-refractivity contribution is 5.94. The van der Waals surface area contributed by atoms with Gasteiger partial charge in [0.25, 0.3) is 0 Å². The highest BCUT2D eigenvalue weighted by atomic mass is 16.6. The summed E-state index contributed by atoms with van der Waals surface area (Å²) in [5.41, 5.74) is 1.08. The molecule has 0 unspecified atom stereocenters. The maximum atomic E-state index is 11.9. The lowest BCUT2D eigenvalue weighted by Gasteiger charge is -2.39. The number of hydrogen-bond acceptors (Lipinski definition) is 8. The molecule has 1 amide bonds. The zero-order chi connectivity index (χ0) is 18.0. The molecule has 1 fully saturated rings. The van der Waals surface area contributed by atoms with E-state index in [9.17, 15) is 25.2 Å². The first kappa shape index (κ1) is 17.7. The molecule has 3 rings (SSSR count). The van der Waals surface area contributed by atoms with E-state index in [1.54, 1.807) is 6.08 Å². The van der Waals surface area contributed by atoms with E-state index in [0.29, 0.717) is 17.7 Å². The molecule has 5 atom stereocenters. The second-order valence-corrected chi connectivity index (χ2v) is 5.92. The summed E-state index contributed by atoms with van der Waals surface area (Å²) in [6, 6.07) is 0. The Morgan fingerprint density at radius 2 is 2.12 bits per heavy atom. The number of hydrogen-bond donors (Lipinski definition) is 5. The largest absolute Gasteiger partial charge is 0.394 e. The molecule has 2 aliphatic rings. The van der Waals surface area contributed by atoms with Crippen LogP contribution in [0.25, 0.3) is 0 Å². The summed E-state index contributed by atoms with van der Waals surface area (Å²) in [5, 5.41) is 49.3. The van der Waals surface area contributed by atoms with Gasteiger partial charge in [0.1, 0.15) is 30.1 Å². The number of aromatic nitrogens is 3. The second kappa shape index (κ2) is 7.42. The number of nitrogens with zero attached hydrogens (tertiary/aromatic N) is 3. The van der Waals surface area contributed by atoms with Crippen molar-refractivity contribution in [3.63, 3.8) is 0 Å². The van der Waals surface area contributed by atoms with Crippen LogP contribution >= 0.6 is 0 Å². The van der Waals surface area contributed by atoms with Gasteiger partial charge in [-0.05, 0) is 6.42 Å². The Morgan fingerprint density at radius 3 is 2.80 bits per heavy atom. The van der Waals surface area contributed by atoms with E-state index in [1.165, 1.54) is 10.9 Å². The number of nitrogens with one attached hydrogen (secondary N) is 1. The van der Waals surface area contributed by atoms with E-state index in [-0.39, 0.29) is 12.5 Å². The minimum absolute atomic E-state index is 0.133. The molecule has 10 heteroatoms. The standard InChI is InChI=1S/C15H20N4O6/c20-7-10-11(21)12(22)13(23)15(25-10)19-6-9(17-18-19)5-16-14(24)8-3-1-2-4-8/h1-3,6,10-13,15,20-23H,4-5,7H2,(H,16,24)/t10-,11-,12+,13-,15-/m1/s1. The van der Waals surface area contributed by atoms with Crippen LogP contribution in [0.2, 0.25) is 0 Å². The monoisotopic (exact) mass is 352 g/mol. The third-order valence-electron chi connectivity index (χ3n) is 4.18. The molecule has 1 aliphatic carbocycles. The molecule has 10 nitrogen and oxygen atoms in total. The number of aliphatic hydroxyl groups is 4. The normalized spacial score (nSPS) is 31.8. The predicted molar refractivity (Wildman–Crippen MR) is 82.7 cm³/mol. The number of carbonyl (C=O) groups is 1. The molecule has 1 aromatic heterocycles. The average Bonchev–Trinajstić information content (AvgIpc) is 3.30. The highest BCUT2D eigenvalue weighted by Crippen LogP contribution is 2.27. The van der Waals surface area contributed by atoms with E-state index < -0.39 is 37.3 Å². The Kier molecular flexibility index (Phi) is 5.25. The number of ether oxygens (including phenoxy) is 1. The first-order valence-corrected chi connectivity index (χ1v) is 7.86. The van der Waals surface area contributed by atoms with E-state index in [4.69, 9.17) is 4.74 Å². The van der Waals surface area contributed by atoms with Crippen LogP contribution in [0.1, 0.15) is 18.3 Å². The molecule has 0 radical (unpaired) electrons. The first-order valence-electron chi connectivity index (χ1n) is 7.86. The molecule has 25 heavy (non-hydrogen) atoms. The third-order valence-corrected chi connectivity index (χ3v) is 4.18. The predicted octanol–water partition coefficient (Wildman–Crippen LogP) is -2.25. The summed E-state index contributed by atoms with van der Waals surface area (Å²) in [6.07, 6.45) is 0.937. The maximum absolute atomic E-state index is 11.9. The van der Waals surface area contributed by atoms with Gasteiger partial charge in [0.15, 0.2) is 6.23 Å². The van der Waals surface area contributed by atoms with Gasteiger partial charge >= 0.3 is 0 Å². The van der Waals surface area contributed by atoms with Crippen molar-refractivity contribution in [3.05, 3.63) is 35.7 Å². The molecule has 1 aliphatic heterocycles. The summed E-state index contributed by atoms with van der Waals surface area (Å²) < 4.78 is 6.56. The Morgan fingerprint density at radius 1 is 1.32 bits per heavy atom. The van der Waals surface area contributed by atoms with E-state index in [1.807, 2.05) is 12.2 Å². The maximum Gasteiger partial charge on any atom is 0.247 e. The van der Waals surface area contributed by atoms with Gasteiger partial charge in [-0.25, -0.2) is 4.68 Å². The van der Waals surface area contributed by atoms with Crippen molar-refractivity contribution in [2.45, 2.75) is 43.6 Å². The lowest BCUT2D eigenvalue weighted by Crippen LogP contribution is -2.56. The van der Waals surface area contributed by atoms with Crippen molar-refractivity contribution in [2.24, 2.45) is 0 Å². The molecule has 0 saturated carbocycles. The van der Waals surface area contributed by atoms with Gasteiger partial charge in [0, 0.05) is 5.57 Å². The lowest BCUT2D eigenvalue weighted by atomic mass is 9.98. The Labute approximate surface area is 143 Å². The van der Waals surface area contributed by atoms with Crippen molar-refractivity contribution in [3.8, 4) is 0 Å². The Balaban J connectivity index is 1.63. The minimum atomic E-state index is -1.50. The van der Waals surface area contributed by atoms with Gasteiger partial charge < -0.3 is 30.5 Å². The molecule has 1 saturated heterocycles. The van der Waals surface area contributed by atoms with Crippen molar-refractivity contribution < 1.29 is 30.0 Å². The van der Waals surface area contributed by atoms with Gasteiger partial charge in [-0.1, -0.05) is 23.4 Å². The Hall–Kier alpha value is -2.11. The van der Waals surface area contributed by atoms with Crippen LogP contribution in [0.15, 0.2) is 30.0 Å². The van der Waals surface area contributed by atoms with Crippen LogP contribution in [0.4, 0.5) is 0 Å². The van der Waals surface area contributed by atoms with Crippen LogP contribution in [-0.2, 0) is 16.1 Å². The quantitative estimate of drug-likeness (QED) is 0.399. The van der Waals surface area contributed by atoms with Crippen LogP contribution in [-0.4, -0.2) is 72.3 Å². The van der Waals surface area contributed by atoms with Gasteiger partial charge in [-0.15, -0.1) is 5.10 Å². The van der Waals surface area contributed by atoms with Crippen LogP contribution in [0.3, 0.4) is 0 Å². The van der Waals surface area contributed by atoms with E-state index >= 15 is 0 Å². The molecule has 0 bridgehead atoms. The lowest BCUT2D eigenvalue weighted by molar-refractivity contribution is -0.254. The highest BCUT2D eigenvalue weighted by Gasteiger charge is 2.44. The summed E-state index contributed by atoms with van der Waals surface area (Å²) in [5.74, 6) is -0.201. The summed E-state index contributed by atoms with van der Waals surface area (Å²) in [4.78, 5) is 11.9. The molecular weight excluding hydrogens is 332 g/mol. The van der Waals surface area contributed by atoms with Crippen LogP contribution in [0.5, 0.6) is 0 Å². The Bertz CT molecular complexity index is 685. The topological polar surface area (TPSA) is 150 Å². The molecule has 0 aromatic carbocycles. The molecule has 1 aromatic rings. The molecule has 5 N–H and O–H groups in total. The third kappa shape index (κ3) is 3.62. The van der Waals surface area contributed by atoms with Gasteiger partial charge in [0.2, 0.25) is 5.91 Å². The zero-order valence-electron chi connectivity index (χ0n) is 13.3. The van der Waals surface area contributed by atoms with Crippen molar-refractivity contribution in [1.29, 1.82) is 0 Å². The van der Waals surface area contributed by atoms with E-state index in [2.05, 4.69) is 15.6 Å².